The normalized spacial score (nSPS) is 12.1. The van der Waals surface area contributed by atoms with E-state index in [1.807, 2.05) is 20.8 Å². The Morgan fingerprint density at radius 2 is 1.95 bits per heavy atom. The van der Waals surface area contributed by atoms with Crippen molar-refractivity contribution in [2.24, 2.45) is 11.1 Å². The van der Waals surface area contributed by atoms with E-state index in [1.54, 1.807) is 31.3 Å². The third kappa shape index (κ3) is 5.47. The lowest BCUT2D eigenvalue weighted by Gasteiger charge is -2.28. The molecule has 0 atom stereocenters. The molecule has 5 nitrogen and oxygen atoms in total. The average molecular weight is 337 g/mol. The second kappa shape index (κ2) is 7.98. The molecule has 2 N–H and O–H groups in total. The monoisotopic (exact) mass is 336 g/mol. The summed E-state index contributed by atoms with van der Waals surface area (Å²) in [5.74, 6) is 0.556. The zero-order valence-electron chi connectivity index (χ0n) is 13.0. The van der Waals surface area contributed by atoms with E-state index in [0.29, 0.717) is 25.4 Å². The first-order valence-electron chi connectivity index (χ1n) is 6.62. The summed E-state index contributed by atoms with van der Waals surface area (Å²) in [5.41, 5.74) is 5.39. The van der Waals surface area contributed by atoms with Crippen molar-refractivity contribution in [2.45, 2.75) is 25.7 Å². The van der Waals surface area contributed by atoms with Gasteiger partial charge in [0.2, 0.25) is 10.0 Å². The van der Waals surface area contributed by atoms with Gasteiger partial charge < -0.3 is 10.5 Å². The van der Waals surface area contributed by atoms with Crippen LogP contribution < -0.4 is 10.5 Å². The Morgan fingerprint density at radius 1 is 1.33 bits per heavy atom. The summed E-state index contributed by atoms with van der Waals surface area (Å²) in [6, 6.07) is 6.54. The Kier molecular flexibility index (Phi) is 7.67. The van der Waals surface area contributed by atoms with Gasteiger partial charge >= 0.3 is 0 Å². The molecule has 0 fully saturated rings. The molecule has 0 spiro atoms. The van der Waals surface area contributed by atoms with E-state index in [2.05, 4.69) is 0 Å². The first-order chi connectivity index (χ1) is 9.23. The third-order valence-electron chi connectivity index (χ3n) is 3.03. The molecule has 0 amide bonds. The van der Waals surface area contributed by atoms with Crippen LogP contribution in [0.15, 0.2) is 29.2 Å². The van der Waals surface area contributed by atoms with Crippen molar-refractivity contribution >= 4 is 22.4 Å². The predicted octanol–water partition coefficient (Wildman–Crippen LogP) is 2.11. The molecule has 0 aliphatic rings. The molecular formula is C14H25ClN2O3S. The van der Waals surface area contributed by atoms with Crippen LogP contribution in [0.25, 0.3) is 0 Å². The Hall–Kier alpha value is -0.820. The number of halogens is 1. The van der Waals surface area contributed by atoms with Gasteiger partial charge in [0.25, 0.3) is 0 Å². The lowest BCUT2D eigenvalue weighted by Crippen LogP contribution is -2.39. The maximum absolute atomic E-state index is 12.5. The van der Waals surface area contributed by atoms with Gasteiger partial charge in [0.05, 0.1) is 11.5 Å². The zero-order valence-corrected chi connectivity index (χ0v) is 14.6. The molecule has 0 unspecified atom stereocenters. The van der Waals surface area contributed by atoms with Gasteiger partial charge in [-0.15, -0.1) is 12.4 Å². The molecule has 0 radical (unpaired) electrons. The van der Waals surface area contributed by atoms with E-state index in [4.69, 9.17) is 10.5 Å². The van der Waals surface area contributed by atoms with E-state index in [9.17, 15) is 8.42 Å². The van der Waals surface area contributed by atoms with Crippen LogP contribution in [-0.2, 0) is 10.0 Å². The van der Waals surface area contributed by atoms with Crippen molar-refractivity contribution in [3.63, 3.8) is 0 Å². The fourth-order valence-corrected chi connectivity index (χ4v) is 3.22. The van der Waals surface area contributed by atoms with Crippen LogP contribution in [-0.4, -0.2) is 39.5 Å². The van der Waals surface area contributed by atoms with E-state index >= 15 is 0 Å². The number of nitrogens with two attached hydrogens (primary N) is 1. The number of rotatable bonds is 7. The summed E-state index contributed by atoms with van der Waals surface area (Å²) in [6.45, 7) is 7.03. The summed E-state index contributed by atoms with van der Waals surface area (Å²) >= 11 is 0. The third-order valence-corrected chi connectivity index (χ3v) is 4.83. The highest BCUT2D eigenvalue weighted by atomic mass is 35.5. The Balaban J connectivity index is 0.00000400. The first-order valence-corrected chi connectivity index (χ1v) is 8.06. The number of hydrogen-bond acceptors (Lipinski definition) is 4. The van der Waals surface area contributed by atoms with Crippen molar-refractivity contribution in [1.29, 1.82) is 0 Å². The lowest BCUT2D eigenvalue weighted by atomic mass is 9.94. The lowest BCUT2D eigenvalue weighted by molar-refractivity contribution is 0.291. The summed E-state index contributed by atoms with van der Waals surface area (Å²) < 4.78 is 31.7. The predicted molar refractivity (Wildman–Crippen MR) is 87.5 cm³/mol. The molecule has 0 bridgehead atoms. The van der Waals surface area contributed by atoms with Crippen LogP contribution in [0, 0.1) is 5.41 Å². The van der Waals surface area contributed by atoms with Crippen molar-refractivity contribution in [2.75, 3.05) is 26.7 Å². The number of nitrogens with zero attached hydrogens (tertiary/aromatic N) is 1. The molecule has 0 aromatic heterocycles. The number of ether oxygens (including phenoxy) is 1. The number of sulfonamides is 1. The van der Waals surface area contributed by atoms with Crippen LogP contribution in [0.4, 0.5) is 0 Å². The minimum atomic E-state index is -3.53. The molecule has 1 rings (SSSR count). The number of hydrogen-bond donors (Lipinski definition) is 1. The van der Waals surface area contributed by atoms with Crippen molar-refractivity contribution < 1.29 is 13.2 Å². The topological polar surface area (TPSA) is 72.6 Å². The molecule has 7 heteroatoms. The SMILES string of the molecule is CCOc1cccc(S(=O)(=O)N(C)CC(C)(C)CN)c1.Cl. The standard InChI is InChI=1S/C14H24N2O3S.ClH/c1-5-19-12-7-6-8-13(9-12)20(17,18)16(4)11-14(2,3)10-15;/h6-9H,5,10-11,15H2,1-4H3;1H. The van der Waals surface area contributed by atoms with Crippen molar-refractivity contribution in [3.8, 4) is 5.75 Å². The molecule has 1 aromatic rings. The van der Waals surface area contributed by atoms with Crippen molar-refractivity contribution in [3.05, 3.63) is 24.3 Å². The highest BCUT2D eigenvalue weighted by Gasteiger charge is 2.27. The highest BCUT2D eigenvalue weighted by Crippen LogP contribution is 2.23. The van der Waals surface area contributed by atoms with Crippen LogP contribution in [0.5, 0.6) is 5.75 Å². The minimum Gasteiger partial charge on any atom is -0.494 e. The van der Waals surface area contributed by atoms with Gasteiger partial charge in [0, 0.05) is 19.7 Å². The first kappa shape index (κ1) is 20.2. The van der Waals surface area contributed by atoms with Gasteiger partial charge in [0.15, 0.2) is 0 Å². The molecule has 1 aromatic carbocycles. The summed E-state index contributed by atoms with van der Waals surface area (Å²) in [5, 5.41) is 0. The summed E-state index contributed by atoms with van der Waals surface area (Å²) in [4.78, 5) is 0.235. The fourth-order valence-electron chi connectivity index (χ4n) is 1.82. The van der Waals surface area contributed by atoms with E-state index in [-0.39, 0.29) is 22.7 Å². The molecule has 0 heterocycles. The second-order valence-corrected chi connectivity index (χ2v) is 7.58. The van der Waals surface area contributed by atoms with Gasteiger partial charge in [0.1, 0.15) is 5.75 Å². The van der Waals surface area contributed by atoms with Crippen LogP contribution in [0.2, 0.25) is 0 Å². The molecule has 21 heavy (non-hydrogen) atoms. The molecule has 0 aliphatic heterocycles. The molecule has 0 aliphatic carbocycles. The van der Waals surface area contributed by atoms with Crippen LogP contribution >= 0.6 is 12.4 Å². The van der Waals surface area contributed by atoms with Gasteiger partial charge in [-0.3, -0.25) is 0 Å². The summed E-state index contributed by atoms with van der Waals surface area (Å²) in [7, 11) is -1.96. The molecule has 0 saturated carbocycles. The maximum Gasteiger partial charge on any atom is 0.242 e. The molecular weight excluding hydrogens is 312 g/mol. The smallest absolute Gasteiger partial charge is 0.242 e. The Bertz CT molecular complexity index is 547. The average Bonchev–Trinajstić information content (AvgIpc) is 2.39. The minimum absolute atomic E-state index is 0. The molecule has 0 saturated heterocycles. The van der Waals surface area contributed by atoms with Crippen molar-refractivity contribution in [1.82, 2.24) is 4.31 Å². The van der Waals surface area contributed by atoms with E-state index in [1.165, 1.54) is 4.31 Å². The molecule has 122 valence electrons. The Labute approximate surface area is 133 Å². The largest absolute Gasteiger partial charge is 0.494 e. The van der Waals surface area contributed by atoms with Gasteiger partial charge in [-0.05, 0) is 31.0 Å². The second-order valence-electron chi connectivity index (χ2n) is 5.54. The van der Waals surface area contributed by atoms with Gasteiger partial charge in [-0.2, -0.15) is 0 Å². The highest BCUT2D eigenvalue weighted by molar-refractivity contribution is 7.89. The Morgan fingerprint density at radius 3 is 2.48 bits per heavy atom. The van der Waals surface area contributed by atoms with Gasteiger partial charge in [-0.1, -0.05) is 19.9 Å². The summed E-state index contributed by atoms with van der Waals surface area (Å²) in [6.07, 6.45) is 0. The maximum atomic E-state index is 12.5. The van der Waals surface area contributed by atoms with Crippen LogP contribution in [0.3, 0.4) is 0 Å². The van der Waals surface area contributed by atoms with Crippen LogP contribution in [0.1, 0.15) is 20.8 Å². The quantitative estimate of drug-likeness (QED) is 0.827. The van der Waals surface area contributed by atoms with Gasteiger partial charge in [-0.25, -0.2) is 12.7 Å². The zero-order chi connectivity index (χ0) is 15.4. The van der Waals surface area contributed by atoms with E-state index in [0.717, 1.165) is 0 Å². The number of benzene rings is 1. The van der Waals surface area contributed by atoms with E-state index < -0.39 is 10.0 Å². The fraction of sp³-hybridized carbons (Fsp3) is 0.571.